The Morgan fingerprint density at radius 2 is 2.21 bits per heavy atom. The number of nitrogens with zero attached hydrogens (tertiary/aromatic N) is 1. The number of ketones is 1. The molecule has 4 heteroatoms. The van der Waals surface area contributed by atoms with E-state index in [1.54, 1.807) is 12.1 Å². The highest BCUT2D eigenvalue weighted by atomic mass is 79.9. The van der Waals surface area contributed by atoms with Gasteiger partial charge in [-0.1, -0.05) is 12.1 Å². The molecule has 0 N–H and O–H groups in total. The summed E-state index contributed by atoms with van der Waals surface area (Å²) in [6, 6.07) is 9.02. The lowest BCUT2D eigenvalue weighted by Crippen LogP contribution is -2.10. The van der Waals surface area contributed by atoms with Crippen LogP contribution in [0.3, 0.4) is 0 Å². The number of carbonyl (C=O) groups is 1. The molecule has 0 fully saturated rings. The predicted molar refractivity (Wildman–Crippen MR) is 54.9 cm³/mol. The summed E-state index contributed by atoms with van der Waals surface area (Å²) in [6.07, 6.45) is -0.107. The predicted octanol–water partition coefficient (Wildman–Crippen LogP) is 2.31. The fourth-order valence-corrected chi connectivity index (χ4v) is 1.26. The number of nitriles is 1. The standard InChI is InChI=1S/C10H8BrNO2/c11-9-3-1-2-4-10(9)14-7-8(13)5-6-12/h1-4H,5,7H2. The minimum Gasteiger partial charge on any atom is -0.485 e. The zero-order valence-corrected chi connectivity index (χ0v) is 8.95. The summed E-state index contributed by atoms with van der Waals surface area (Å²) < 4.78 is 6.00. The highest BCUT2D eigenvalue weighted by Gasteiger charge is 2.03. The Hall–Kier alpha value is -1.34. The summed E-state index contributed by atoms with van der Waals surface area (Å²) in [6.45, 7) is -0.0594. The van der Waals surface area contributed by atoms with Gasteiger partial charge < -0.3 is 4.74 Å². The highest BCUT2D eigenvalue weighted by molar-refractivity contribution is 9.10. The van der Waals surface area contributed by atoms with Crippen molar-refractivity contribution in [3.63, 3.8) is 0 Å². The van der Waals surface area contributed by atoms with Gasteiger partial charge in [0.2, 0.25) is 0 Å². The van der Waals surface area contributed by atoms with Crippen LogP contribution in [0.25, 0.3) is 0 Å². The molecule has 3 nitrogen and oxygen atoms in total. The molecule has 0 saturated carbocycles. The summed E-state index contributed by atoms with van der Waals surface area (Å²) in [5.74, 6) is 0.391. The van der Waals surface area contributed by atoms with Crippen molar-refractivity contribution in [3.05, 3.63) is 28.7 Å². The van der Waals surface area contributed by atoms with Crippen LogP contribution in [0.1, 0.15) is 6.42 Å². The molecule has 0 saturated heterocycles. The normalized spacial score (nSPS) is 9.14. The molecule has 14 heavy (non-hydrogen) atoms. The summed E-state index contributed by atoms with van der Waals surface area (Å²) >= 11 is 3.28. The van der Waals surface area contributed by atoms with Crippen LogP contribution in [0.5, 0.6) is 5.75 Å². The molecule has 0 bridgehead atoms. The fraction of sp³-hybridized carbons (Fsp3) is 0.200. The lowest BCUT2D eigenvalue weighted by atomic mass is 10.3. The maximum absolute atomic E-state index is 11.0. The first kappa shape index (κ1) is 10.7. The number of ether oxygens (including phenoxy) is 1. The third kappa shape index (κ3) is 3.19. The van der Waals surface area contributed by atoms with E-state index < -0.39 is 0 Å². The van der Waals surface area contributed by atoms with E-state index in [0.29, 0.717) is 5.75 Å². The van der Waals surface area contributed by atoms with Gasteiger partial charge in [0.05, 0.1) is 17.0 Å². The van der Waals surface area contributed by atoms with Crippen LogP contribution in [0, 0.1) is 11.3 Å². The van der Waals surface area contributed by atoms with E-state index in [0.717, 1.165) is 4.47 Å². The summed E-state index contributed by atoms with van der Waals surface area (Å²) in [7, 11) is 0. The Bertz CT molecular complexity index is 371. The molecule has 1 aromatic carbocycles. The first-order valence-electron chi connectivity index (χ1n) is 4.00. The van der Waals surface area contributed by atoms with E-state index in [1.165, 1.54) is 0 Å². The quantitative estimate of drug-likeness (QED) is 0.828. The number of hydrogen-bond donors (Lipinski definition) is 0. The molecule has 0 aliphatic rings. The summed E-state index contributed by atoms with van der Waals surface area (Å²) in [5, 5.41) is 8.25. The Kier molecular flexibility index (Phi) is 4.14. The average molecular weight is 254 g/mol. The van der Waals surface area contributed by atoms with Crippen LogP contribution in [0.15, 0.2) is 28.7 Å². The first-order valence-corrected chi connectivity index (χ1v) is 4.79. The maximum Gasteiger partial charge on any atom is 0.184 e. The molecular formula is C10H8BrNO2. The SMILES string of the molecule is N#CCC(=O)COc1ccccc1Br. The van der Waals surface area contributed by atoms with Crippen molar-refractivity contribution in [1.82, 2.24) is 0 Å². The third-order valence-electron chi connectivity index (χ3n) is 1.50. The Labute approximate surface area is 90.4 Å². The molecule has 0 spiro atoms. The lowest BCUT2D eigenvalue weighted by Gasteiger charge is -2.05. The second-order valence-corrected chi connectivity index (χ2v) is 3.45. The molecule has 0 aliphatic heterocycles. The smallest absolute Gasteiger partial charge is 0.184 e. The van der Waals surface area contributed by atoms with E-state index in [2.05, 4.69) is 15.9 Å². The molecule has 1 aromatic rings. The Morgan fingerprint density at radius 1 is 1.50 bits per heavy atom. The van der Waals surface area contributed by atoms with Gasteiger partial charge >= 0.3 is 0 Å². The van der Waals surface area contributed by atoms with Gasteiger partial charge in [-0.05, 0) is 28.1 Å². The minimum atomic E-state index is -0.219. The molecule has 1 rings (SSSR count). The number of para-hydroxylation sites is 1. The van der Waals surface area contributed by atoms with E-state index in [1.807, 2.05) is 18.2 Å². The van der Waals surface area contributed by atoms with Crippen LogP contribution < -0.4 is 4.74 Å². The third-order valence-corrected chi connectivity index (χ3v) is 2.16. The lowest BCUT2D eigenvalue weighted by molar-refractivity contribution is -0.120. The van der Waals surface area contributed by atoms with Gasteiger partial charge in [0.25, 0.3) is 0 Å². The molecule has 0 aromatic heterocycles. The van der Waals surface area contributed by atoms with Gasteiger partial charge in [-0.25, -0.2) is 0 Å². The van der Waals surface area contributed by atoms with Gasteiger partial charge in [-0.2, -0.15) is 5.26 Å². The molecular weight excluding hydrogens is 246 g/mol. The minimum absolute atomic E-state index is 0.0594. The second kappa shape index (κ2) is 5.40. The van der Waals surface area contributed by atoms with E-state index in [4.69, 9.17) is 10.00 Å². The van der Waals surface area contributed by atoms with Gasteiger partial charge in [-0.3, -0.25) is 4.79 Å². The van der Waals surface area contributed by atoms with E-state index >= 15 is 0 Å². The Balaban J connectivity index is 2.51. The maximum atomic E-state index is 11.0. The zero-order chi connectivity index (χ0) is 10.4. The van der Waals surface area contributed by atoms with Crippen molar-refractivity contribution in [3.8, 4) is 11.8 Å². The molecule has 0 atom stereocenters. The number of hydrogen-bond acceptors (Lipinski definition) is 3. The largest absolute Gasteiger partial charge is 0.485 e. The topological polar surface area (TPSA) is 50.1 Å². The Morgan fingerprint density at radius 3 is 2.86 bits per heavy atom. The van der Waals surface area contributed by atoms with Gasteiger partial charge in [-0.15, -0.1) is 0 Å². The highest BCUT2D eigenvalue weighted by Crippen LogP contribution is 2.23. The van der Waals surface area contributed by atoms with Crippen molar-refractivity contribution in [2.75, 3.05) is 6.61 Å². The van der Waals surface area contributed by atoms with Crippen molar-refractivity contribution < 1.29 is 9.53 Å². The van der Waals surface area contributed by atoms with E-state index in [-0.39, 0.29) is 18.8 Å². The van der Waals surface area contributed by atoms with Crippen LogP contribution in [0.4, 0.5) is 0 Å². The van der Waals surface area contributed by atoms with Crippen LogP contribution in [-0.4, -0.2) is 12.4 Å². The number of rotatable bonds is 4. The van der Waals surface area contributed by atoms with Crippen molar-refractivity contribution in [2.24, 2.45) is 0 Å². The van der Waals surface area contributed by atoms with Gasteiger partial charge in [0, 0.05) is 0 Å². The zero-order valence-electron chi connectivity index (χ0n) is 7.37. The monoisotopic (exact) mass is 253 g/mol. The van der Waals surface area contributed by atoms with E-state index in [9.17, 15) is 4.79 Å². The molecule has 0 unspecified atom stereocenters. The molecule has 0 heterocycles. The number of carbonyl (C=O) groups excluding carboxylic acids is 1. The van der Waals surface area contributed by atoms with Crippen LogP contribution in [-0.2, 0) is 4.79 Å². The first-order chi connectivity index (χ1) is 6.74. The van der Waals surface area contributed by atoms with Crippen molar-refractivity contribution in [2.45, 2.75) is 6.42 Å². The van der Waals surface area contributed by atoms with Crippen LogP contribution in [0.2, 0.25) is 0 Å². The molecule has 0 radical (unpaired) electrons. The summed E-state index contributed by atoms with van der Waals surface area (Å²) in [5.41, 5.74) is 0. The molecule has 0 amide bonds. The van der Waals surface area contributed by atoms with Crippen molar-refractivity contribution >= 4 is 21.7 Å². The van der Waals surface area contributed by atoms with Gasteiger partial charge in [0.1, 0.15) is 12.4 Å². The molecule has 72 valence electrons. The number of halogens is 1. The van der Waals surface area contributed by atoms with Crippen molar-refractivity contribution in [1.29, 1.82) is 5.26 Å². The number of benzene rings is 1. The number of Topliss-reactive ketones (excluding diaryl/α,β-unsaturated/α-hetero) is 1. The average Bonchev–Trinajstić information content (AvgIpc) is 2.17. The second-order valence-electron chi connectivity index (χ2n) is 2.59. The van der Waals surface area contributed by atoms with Crippen LogP contribution >= 0.6 is 15.9 Å². The fourth-order valence-electron chi connectivity index (χ4n) is 0.859. The molecule has 0 aliphatic carbocycles. The summed E-state index contributed by atoms with van der Waals surface area (Å²) in [4.78, 5) is 11.0. The van der Waals surface area contributed by atoms with Gasteiger partial charge in [0.15, 0.2) is 5.78 Å².